The lowest BCUT2D eigenvalue weighted by Crippen LogP contribution is -2.21. The van der Waals surface area contributed by atoms with Crippen LogP contribution >= 0.6 is 11.3 Å². The van der Waals surface area contributed by atoms with Gasteiger partial charge in [-0.05, 0) is 37.9 Å². The summed E-state index contributed by atoms with van der Waals surface area (Å²) >= 11 is 0.931. The van der Waals surface area contributed by atoms with E-state index >= 15 is 0 Å². The quantitative estimate of drug-likeness (QED) is 0.303. The van der Waals surface area contributed by atoms with E-state index in [-0.39, 0.29) is 28.7 Å². The molecule has 12 nitrogen and oxygen atoms in total. The van der Waals surface area contributed by atoms with Gasteiger partial charge in [0.25, 0.3) is 11.6 Å². The van der Waals surface area contributed by atoms with E-state index in [2.05, 4.69) is 20.3 Å². The van der Waals surface area contributed by atoms with Crippen LogP contribution in [0.4, 0.5) is 29.5 Å². The Morgan fingerprint density at radius 3 is 2.35 bits per heavy atom. The molecule has 0 spiro atoms. The van der Waals surface area contributed by atoms with Crippen LogP contribution in [0, 0.1) is 10.1 Å². The third-order valence-electron chi connectivity index (χ3n) is 4.48. The summed E-state index contributed by atoms with van der Waals surface area (Å²) in [6, 6.07) is 7.84. The van der Waals surface area contributed by atoms with Crippen molar-refractivity contribution < 1.29 is 37.2 Å². The van der Waals surface area contributed by atoms with Crippen LogP contribution in [0.5, 0.6) is 10.9 Å². The van der Waals surface area contributed by atoms with Crippen molar-refractivity contribution in [1.29, 1.82) is 0 Å². The topological polar surface area (TPSA) is 163 Å². The van der Waals surface area contributed by atoms with Gasteiger partial charge in [-0.3, -0.25) is 14.9 Å². The van der Waals surface area contributed by atoms with Crippen molar-refractivity contribution in [2.75, 3.05) is 26.0 Å². The summed E-state index contributed by atoms with van der Waals surface area (Å²) in [4.78, 5) is 37.5. The zero-order chi connectivity index (χ0) is 27.3. The predicted octanol–water partition coefficient (Wildman–Crippen LogP) is 3.83. The Morgan fingerprint density at radius 2 is 1.84 bits per heavy atom. The van der Waals surface area contributed by atoms with Crippen molar-refractivity contribution in [3.63, 3.8) is 0 Å². The highest BCUT2D eigenvalue weighted by Gasteiger charge is 2.29. The van der Waals surface area contributed by atoms with Crippen LogP contribution < -0.4 is 20.5 Å². The number of nitrogens with zero attached hydrogens (tertiary/aromatic N) is 4. The van der Waals surface area contributed by atoms with Gasteiger partial charge in [0.15, 0.2) is 17.5 Å². The fourth-order valence-electron chi connectivity index (χ4n) is 3.07. The predicted molar refractivity (Wildman–Crippen MR) is 126 cm³/mol. The SMILES string of the molecule is CN(C)Cc1c(-c2ccc([N+](=O)[O-])cc2)sc(OC(N)=O)c1C(=O)Nc1ccc(OCC(F)(F)F)nn1. The zero-order valence-electron chi connectivity index (χ0n) is 19.2. The lowest BCUT2D eigenvalue weighted by atomic mass is 10.0. The average molecular weight is 540 g/mol. The number of rotatable bonds is 9. The molecular formula is C21H19F3N6O6S. The molecule has 3 N–H and O–H groups in total. The number of carbonyl (C=O) groups is 2. The number of ether oxygens (including phenoxy) is 2. The van der Waals surface area contributed by atoms with Crippen molar-refractivity contribution in [1.82, 2.24) is 15.1 Å². The number of nitrogens with one attached hydrogen (secondary N) is 1. The number of carbonyl (C=O) groups excluding carboxylic acids is 2. The van der Waals surface area contributed by atoms with E-state index in [0.717, 1.165) is 17.4 Å². The minimum absolute atomic E-state index is 0.0509. The third-order valence-corrected chi connectivity index (χ3v) is 5.63. The molecule has 0 fully saturated rings. The molecule has 37 heavy (non-hydrogen) atoms. The number of anilines is 1. The van der Waals surface area contributed by atoms with Crippen molar-refractivity contribution in [3.05, 3.63) is 57.6 Å². The molecule has 2 aromatic heterocycles. The van der Waals surface area contributed by atoms with Gasteiger partial charge in [-0.2, -0.15) is 13.2 Å². The summed E-state index contributed by atoms with van der Waals surface area (Å²) < 4.78 is 46.5. The smallest absolute Gasteiger partial charge is 0.422 e. The van der Waals surface area contributed by atoms with Crippen LogP contribution in [-0.2, 0) is 6.54 Å². The summed E-state index contributed by atoms with van der Waals surface area (Å²) in [5, 5.41) is 20.5. The molecule has 3 aromatic rings. The van der Waals surface area contributed by atoms with E-state index in [4.69, 9.17) is 10.5 Å². The van der Waals surface area contributed by atoms with Gasteiger partial charge < -0.3 is 25.4 Å². The highest BCUT2D eigenvalue weighted by molar-refractivity contribution is 7.18. The first-order chi connectivity index (χ1) is 17.3. The van der Waals surface area contributed by atoms with E-state index in [9.17, 15) is 32.9 Å². The van der Waals surface area contributed by atoms with Gasteiger partial charge in [0.1, 0.15) is 0 Å². The molecule has 16 heteroatoms. The number of nitrogens with two attached hydrogens (primary N) is 1. The molecular weight excluding hydrogens is 521 g/mol. The molecule has 0 saturated heterocycles. The lowest BCUT2D eigenvalue weighted by molar-refractivity contribution is -0.384. The van der Waals surface area contributed by atoms with Crippen LogP contribution in [0.15, 0.2) is 36.4 Å². The maximum absolute atomic E-state index is 13.3. The maximum atomic E-state index is 13.3. The summed E-state index contributed by atoms with van der Waals surface area (Å²) in [5.74, 6) is -1.29. The number of primary amides is 1. The minimum atomic E-state index is -4.56. The minimum Gasteiger partial charge on any atom is -0.467 e. The normalized spacial score (nSPS) is 11.3. The fraction of sp³-hybridized carbons (Fsp3) is 0.238. The Morgan fingerprint density at radius 1 is 1.16 bits per heavy atom. The molecule has 0 radical (unpaired) electrons. The van der Waals surface area contributed by atoms with Crippen LogP contribution in [-0.4, -0.2) is 58.9 Å². The van der Waals surface area contributed by atoms with Crippen LogP contribution in [0.1, 0.15) is 15.9 Å². The summed E-state index contributed by atoms with van der Waals surface area (Å²) in [5.41, 5.74) is 5.95. The van der Waals surface area contributed by atoms with Crippen molar-refractivity contribution >= 4 is 34.8 Å². The molecule has 0 saturated carbocycles. The van der Waals surface area contributed by atoms with E-state index in [0.29, 0.717) is 16.0 Å². The molecule has 1 aromatic carbocycles. The number of non-ortho nitro benzene ring substituents is 1. The van der Waals surface area contributed by atoms with Gasteiger partial charge in [-0.25, -0.2) is 4.79 Å². The Hall–Kier alpha value is -4.31. The zero-order valence-corrected chi connectivity index (χ0v) is 20.1. The molecule has 0 atom stereocenters. The third kappa shape index (κ3) is 7.34. The number of amides is 2. The maximum Gasteiger partial charge on any atom is 0.422 e. The summed E-state index contributed by atoms with van der Waals surface area (Å²) in [6.45, 7) is -1.36. The Labute approximate surface area is 210 Å². The van der Waals surface area contributed by atoms with Crippen LogP contribution in [0.2, 0.25) is 0 Å². The first-order valence-electron chi connectivity index (χ1n) is 10.2. The molecule has 0 aliphatic carbocycles. The standard InChI is InChI=1S/C21H19F3N6O6S/c1-29(2)9-13-16(18(31)26-14-7-8-15(28-27-14)35-10-21(22,23)24)19(36-20(25)32)37-17(13)11-3-5-12(6-4-11)30(33)34/h3-8H,9-10H2,1-2H3,(H2,25,32)(H,26,27,31). The number of halogens is 3. The second-order valence-electron chi connectivity index (χ2n) is 7.65. The van der Waals surface area contributed by atoms with Crippen LogP contribution in [0.25, 0.3) is 10.4 Å². The number of hydrogen-bond acceptors (Lipinski definition) is 10. The molecule has 2 heterocycles. The summed E-state index contributed by atoms with van der Waals surface area (Å²) in [6.07, 6.45) is -5.73. The molecule has 0 aliphatic heterocycles. The van der Waals surface area contributed by atoms with Gasteiger partial charge in [-0.15, -0.1) is 10.2 Å². The van der Waals surface area contributed by atoms with Crippen molar-refractivity contribution in [2.24, 2.45) is 5.73 Å². The number of aromatic nitrogens is 2. The first kappa shape index (κ1) is 27.3. The second-order valence-corrected chi connectivity index (χ2v) is 8.63. The number of nitro benzene ring substituents is 1. The molecule has 0 aliphatic rings. The second kappa shape index (κ2) is 11.2. The Balaban J connectivity index is 1.98. The molecule has 196 valence electrons. The average Bonchev–Trinajstić information content (AvgIpc) is 3.14. The van der Waals surface area contributed by atoms with E-state index in [1.165, 1.54) is 30.3 Å². The van der Waals surface area contributed by atoms with E-state index in [1.807, 2.05) is 0 Å². The molecule has 2 amide bonds. The highest BCUT2D eigenvalue weighted by Crippen LogP contribution is 2.43. The van der Waals surface area contributed by atoms with E-state index < -0.39 is 35.6 Å². The fourth-order valence-corrected chi connectivity index (χ4v) is 4.24. The highest BCUT2D eigenvalue weighted by atomic mass is 32.1. The summed E-state index contributed by atoms with van der Waals surface area (Å²) in [7, 11) is 3.47. The van der Waals surface area contributed by atoms with Crippen molar-refractivity contribution in [3.8, 4) is 21.4 Å². The molecule has 3 rings (SSSR count). The lowest BCUT2D eigenvalue weighted by Gasteiger charge is -2.14. The largest absolute Gasteiger partial charge is 0.467 e. The van der Waals surface area contributed by atoms with Crippen molar-refractivity contribution in [2.45, 2.75) is 12.7 Å². The molecule has 0 unspecified atom stereocenters. The Kier molecular flexibility index (Phi) is 8.24. The number of hydrogen-bond donors (Lipinski definition) is 2. The Bertz CT molecular complexity index is 1300. The van der Waals surface area contributed by atoms with Gasteiger partial charge >= 0.3 is 12.3 Å². The van der Waals surface area contributed by atoms with Gasteiger partial charge in [0.2, 0.25) is 5.88 Å². The first-order valence-corrected chi connectivity index (χ1v) is 11.0. The monoisotopic (exact) mass is 540 g/mol. The number of thiophene rings is 1. The van der Waals surface area contributed by atoms with E-state index in [1.54, 1.807) is 19.0 Å². The van der Waals surface area contributed by atoms with Crippen LogP contribution in [0.3, 0.4) is 0 Å². The van der Waals surface area contributed by atoms with Gasteiger partial charge in [0.05, 0.1) is 10.5 Å². The van der Waals surface area contributed by atoms with Gasteiger partial charge in [-0.1, -0.05) is 11.3 Å². The molecule has 0 bridgehead atoms. The number of benzene rings is 1. The number of nitro groups is 1. The number of alkyl halides is 3. The van der Waals surface area contributed by atoms with Gasteiger partial charge in [0, 0.05) is 35.2 Å².